The average molecular weight is 307 g/mol. The van der Waals surface area contributed by atoms with Crippen molar-refractivity contribution in [3.8, 4) is 5.75 Å². The molecule has 1 N–H and O–H groups in total. The van der Waals surface area contributed by atoms with Gasteiger partial charge in [-0.1, -0.05) is 11.3 Å². The Balaban J connectivity index is 1.63. The Kier molecular flexibility index (Phi) is 4.57. The molecule has 1 aromatic heterocycles. The summed E-state index contributed by atoms with van der Waals surface area (Å²) in [5.41, 5.74) is 1.02. The van der Waals surface area contributed by atoms with Gasteiger partial charge in [0, 0.05) is 25.7 Å². The molecule has 1 atom stereocenters. The van der Waals surface area contributed by atoms with Gasteiger partial charge in [-0.15, -0.1) is 0 Å². The molecule has 6 heteroatoms. The van der Waals surface area contributed by atoms with Gasteiger partial charge in [-0.3, -0.25) is 4.90 Å². The number of hydrogen-bond acceptors (Lipinski definition) is 6. The number of rotatable bonds is 5. The van der Waals surface area contributed by atoms with Crippen LogP contribution >= 0.6 is 11.3 Å². The number of nitrogens with one attached hydrogen (secondary N) is 1. The molecule has 114 valence electrons. The zero-order valence-corrected chi connectivity index (χ0v) is 13.3. The third-order valence-electron chi connectivity index (χ3n) is 3.60. The molecule has 0 saturated carbocycles. The van der Waals surface area contributed by atoms with Gasteiger partial charge in [0.1, 0.15) is 5.75 Å². The highest BCUT2D eigenvalue weighted by molar-refractivity contribution is 7.22. The fourth-order valence-corrected chi connectivity index (χ4v) is 3.53. The molecular formula is C15H21N3O2S. The van der Waals surface area contributed by atoms with E-state index in [4.69, 9.17) is 9.47 Å². The van der Waals surface area contributed by atoms with E-state index in [2.05, 4.69) is 22.1 Å². The van der Waals surface area contributed by atoms with Gasteiger partial charge in [0.05, 0.1) is 30.5 Å². The maximum absolute atomic E-state index is 5.38. The van der Waals surface area contributed by atoms with Crippen molar-refractivity contribution in [1.29, 1.82) is 0 Å². The molecule has 1 unspecified atom stereocenters. The molecule has 1 aromatic carbocycles. The lowest BCUT2D eigenvalue weighted by atomic mass is 10.3. The van der Waals surface area contributed by atoms with Crippen molar-refractivity contribution in [2.45, 2.75) is 13.0 Å². The third kappa shape index (κ3) is 3.64. The van der Waals surface area contributed by atoms with Crippen molar-refractivity contribution in [3.63, 3.8) is 0 Å². The number of aromatic nitrogens is 1. The molecule has 0 aliphatic carbocycles. The van der Waals surface area contributed by atoms with Gasteiger partial charge < -0.3 is 14.8 Å². The van der Waals surface area contributed by atoms with Crippen molar-refractivity contribution in [3.05, 3.63) is 18.2 Å². The van der Waals surface area contributed by atoms with E-state index in [9.17, 15) is 0 Å². The van der Waals surface area contributed by atoms with E-state index in [1.54, 1.807) is 18.4 Å². The Labute approximate surface area is 128 Å². The molecule has 1 aliphatic heterocycles. The average Bonchev–Trinajstić information content (AvgIpc) is 2.89. The van der Waals surface area contributed by atoms with Gasteiger partial charge in [0.15, 0.2) is 5.13 Å². The van der Waals surface area contributed by atoms with Crippen LogP contribution in [0.4, 0.5) is 5.13 Å². The normalized spacial score (nSPS) is 17.8. The SMILES string of the molecule is COc1ccc2nc(NC(C)CN3CCOCC3)sc2c1. The summed E-state index contributed by atoms with van der Waals surface area (Å²) in [6.45, 7) is 6.93. The van der Waals surface area contributed by atoms with Crippen LogP contribution in [0, 0.1) is 0 Å². The molecule has 21 heavy (non-hydrogen) atoms. The fourth-order valence-electron chi connectivity index (χ4n) is 2.52. The lowest BCUT2D eigenvalue weighted by Crippen LogP contribution is -2.42. The van der Waals surface area contributed by atoms with Crippen LogP contribution in [0.15, 0.2) is 18.2 Å². The minimum atomic E-state index is 0.366. The molecule has 0 spiro atoms. The Morgan fingerprint density at radius 1 is 1.43 bits per heavy atom. The van der Waals surface area contributed by atoms with Gasteiger partial charge in [0.25, 0.3) is 0 Å². The van der Waals surface area contributed by atoms with E-state index in [1.165, 1.54) is 0 Å². The van der Waals surface area contributed by atoms with Gasteiger partial charge >= 0.3 is 0 Å². The third-order valence-corrected chi connectivity index (χ3v) is 4.55. The minimum absolute atomic E-state index is 0.366. The van der Waals surface area contributed by atoms with Crippen LogP contribution < -0.4 is 10.1 Å². The van der Waals surface area contributed by atoms with Crippen LogP contribution in [0.5, 0.6) is 5.75 Å². The molecule has 1 aliphatic rings. The predicted molar refractivity (Wildman–Crippen MR) is 86.5 cm³/mol. The van der Waals surface area contributed by atoms with Crippen molar-refractivity contribution >= 4 is 26.7 Å². The zero-order valence-electron chi connectivity index (χ0n) is 12.5. The first-order valence-corrected chi connectivity index (χ1v) is 8.07. The van der Waals surface area contributed by atoms with Crippen molar-refractivity contribution in [2.24, 2.45) is 0 Å². The molecule has 0 radical (unpaired) electrons. The molecule has 1 saturated heterocycles. The van der Waals surface area contributed by atoms with Crippen LogP contribution in [0.1, 0.15) is 6.92 Å². The Bertz CT molecular complexity index is 596. The van der Waals surface area contributed by atoms with E-state index in [0.717, 1.165) is 53.9 Å². The van der Waals surface area contributed by atoms with Crippen LogP contribution in [-0.4, -0.2) is 55.9 Å². The smallest absolute Gasteiger partial charge is 0.184 e. The van der Waals surface area contributed by atoms with Gasteiger partial charge in [0.2, 0.25) is 0 Å². The standard InChI is InChI=1S/C15H21N3O2S/c1-11(10-18-5-7-20-8-6-18)16-15-17-13-4-3-12(19-2)9-14(13)21-15/h3-4,9,11H,5-8,10H2,1-2H3,(H,16,17). The zero-order chi connectivity index (χ0) is 14.7. The highest BCUT2D eigenvalue weighted by atomic mass is 32.1. The van der Waals surface area contributed by atoms with E-state index in [-0.39, 0.29) is 0 Å². The summed E-state index contributed by atoms with van der Waals surface area (Å²) < 4.78 is 11.8. The van der Waals surface area contributed by atoms with Crippen LogP contribution in [-0.2, 0) is 4.74 Å². The molecular weight excluding hydrogens is 286 g/mol. The quantitative estimate of drug-likeness (QED) is 0.919. The Hall–Kier alpha value is -1.37. The summed E-state index contributed by atoms with van der Waals surface area (Å²) in [5.74, 6) is 0.874. The van der Waals surface area contributed by atoms with Gasteiger partial charge in [-0.05, 0) is 25.1 Å². The number of hydrogen-bond donors (Lipinski definition) is 1. The van der Waals surface area contributed by atoms with E-state index in [1.807, 2.05) is 18.2 Å². The highest BCUT2D eigenvalue weighted by Gasteiger charge is 2.14. The minimum Gasteiger partial charge on any atom is -0.497 e. The molecule has 2 heterocycles. The monoisotopic (exact) mass is 307 g/mol. The van der Waals surface area contributed by atoms with Crippen molar-refractivity contribution in [1.82, 2.24) is 9.88 Å². The maximum atomic E-state index is 5.38. The molecule has 0 amide bonds. The number of anilines is 1. The second-order valence-corrected chi connectivity index (χ2v) is 6.34. The number of morpholine rings is 1. The summed E-state index contributed by atoms with van der Waals surface area (Å²) in [7, 11) is 1.69. The first-order valence-electron chi connectivity index (χ1n) is 7.26. The molecule has 5 nitrogen and oxygen atoms in total. The summed E-state index contributed by atoms with van der Waals surface area (Å²) in [5, 5.41) is 4.47. The van der Waals surface area contributed by atoms with Crippen LogP contribution in [0.25, 0.3) is 10.2 Å². The number of benzene rings is 1. The Morgan fingerprint density at radius 2 is 2.24 bits per heavy atom. The number of nitrogens with zero attached hydrogens (tertiary/aromatic N) is 2. The fraction of sp³-hybridized carbons (Fsp3) is 0.533. The number of ether oxygens (including phenoxy) is 2. The molecule has 1 fully saturated rings. The van der Waals surface area contributed by atoms with E-state index < -0.39 is 0 Å². The first-order chi connectivity index (χ1) is 10.2. The van der Waals surface area contributed by atoms with Crippen LogP contribution in [0.3, 0.4) is 0 Å². The molecule has 2 aromatic rings. The van der Waals surface area contributed by atoms with Crippen molar-refractivity contribution in [2.75, 3.05) is 45.3 Å². The maximum Gasteiger partial charge on any atom is 0.184 e. The lowest BCUT2D eigenvalue weighted by molar-refractivity contribution is 0.0368. The molecule has 0 bridgehead atoms. The van der Waals surface area contributed by atoms with Crippen LogP contribution in [0.2, 0.25) is 0 Å². The van der Waals surface area contributed by atoms with E-state index in [0.29, 0.717) is 6.04 Å². The van der Waals surface area contributed by atoms with Gasteiger partial charge in [-0.25, -0.2) is 4.98 Å². The lowest BCUT2D eigenvalue weighted by Gasteiger charge is -2.29. The summed E-state index contributed by atoms with van der Waals surface area (Å²) in [6.07, 6.45) is 0. The summed E-state index contributed by atoms with van der Waals surface area (Å²) >= 11 is 1.67. The topological polar surface area (TPSA) is 46.6 Å². The van der Waals surface area contributed by atoms with E-state index >= 15 is 0 Å². The predicted octanol–water partition coefficient (Wildman–Crippen LogP) is 2.44. The summed E-state index contributed by atoms with van der Waals surface area (Å²) in [4.78, 5) is 7.06. The largest absolute Gasteiger partial charge is 0.497 e. The van der Waals surface area contributed by atoms with Crippen molar-refractivity contribution < 1.29 is 9.47 Å². The summed E-state index contributed by atoms with van der Waals surface area (Å²) in [6, 6.07) is 6.35. The second-order valence-electron chi connectivity index (χ2n) is 5.31. The molecule has 3 rings (SSSR count). The highest BCUT2D eigenvalue weighted by Crippen LogP contribution is 2.29. The van der Waals surface area contributed by atoms with Gasteiger partial charge in [-0.2, -0.15) is 0 Å². The number of thiazole rings is 1. The first kappa shape index (κ1) is 14.6. The second kappa shape index (κ2) is 6.60. The number of fused-ring (bicyclic) bond motifs is 1. The number of methoxy groups -OCH3 is 1. The Morgan fingerprint density at radius 3 is 3.00 bits per heavy atom.